The fourth-order valence-electron chi connectivity index (χ4n) is 1.23. The zero-order chi connectivity index (χ0) is 10.8. The lowest BCUT2D eigenvalue weighted by Crippen LogP contribution is -2.44. The van der Waals surface area contributed by atoms with Gasteiger partial charge in [-0.3, -0.25) is 0 Å². The van der Waals surface area contributed by atoms with E-state index in [1.807, 2.05) is 0 Å². The van der Waals surface area contributed by atoms with E-state index in [-0.39, 0.29) is 6.04 Å². The number of nitrogens with two attached hydrogens (primary N) is 1. The predicted octanol–water partition coefficient (Wildman–Crippen LogP) is 1.64. The second-order valence-electron chi connectivity index (χ2n) is 4.45. The maximum Gasteiger partial charge on any atom is 0.0745 e. The topological polar surface area (TPSA) is 46.2 Å². The van der Waals surface area contributed by atoms with Crippen molar-refractivity contribution in [1.29, 1.82) is 0 Å². The van der Waals surface area contributed by atoms with E-state index < -0.39 is 5.60 Å². The smallest absolute Gasteiger partial charge is 0.0745 e. The van der Waals surface area contributed by atoms with Crippen molar-refractivity contribution in [2.45, 2.75) is 38.8 Å². The van der Waals surface area contributed by atoms with Crippen molar-refractivity contribution >= 4 is 0 Å². The van der Waals surface area contributed by atoms with Crippen molar-refractivity contribution in [2.75, 3.05) is 0 Å². The molecule has 1 atom stereocenters. The molecule has 3 N–H and O–H groups in total. The fraction of sp³-hybridized carbons (Fsp3) is 0.500. The van der Waals surface area contributed by atoms with E-state index in [4.69, 9.17) is 5.73 Å². The quantitative estimate of drug-likeness (QED) is 0.766. The Morgan fingerprint density at radius 3 is 2.21 bits per heavy atom. The number of benzene rings is 1. The highest BCUT2D eigenvalue weighted by atomic mass is 16.3. The van der Waals surface area contributed by atoms with Crippen LogP contribution in [0.25, 0.3) is 0 Å². The summed E-state index contributed by atoms with van der Waals surface area (Å²) in [5.74, 6) is 0. The molecular formula is C12H19NO. The molecule has 0 aliphatic heterocycles. The molecule has 0 amide bonds. The Morgan fingerprint density at radius 2 is 1.79 bits per heavy atom. The zero-order valence-corrected chi connectivity index (χ0v) is 9.12. The molecule has 0 saturated heterocycles. The van der Waals surface area contributed by atoms with Gasteiger partial charge in [0, 0.05) is 6.04 Å². The predicted molar refractivity (Wildman–Crippen MR) is 59.2 cm³/mol. The van der Waals surface area contributed by atoms with Crippen LogP contribution in [0.5, 0.6) is 0 Å². The lowest BCUT2D eigenvalue weighted by molar-refractivity contribution is 0.0521. The summed E-state index contributed by atoms with van der Waals surface area (Å²) in [5.41, 5.74) is 7.47. The van der Waals surface area contributed by atoms with Gasteiger partial charge in [0.05, 0.1) is 5.60 Å². The molecule has 2 heteroatoms. The van der Waals surface area contributed by atoms with Crippen LogP contribution in [-0.2, 0) is 6.42 Å². The number of aliphatic hydroxyl groups is 1. The standard InChI is InChI=1S/C12H19NO/c1-9-4-6-10(7-5-9)8-11(13)12(2,3)14/h4-7,11,14H,8,13H2,1-3H3. The van der Waals surface area contributed by atoms with Crippen molar-refractivity contribution in [1.82, 2.24) is 0 Å². The molecule has 0 aromatic heterocycles. The van der Waals surface area contributed by atoms with Gasteiger partial charge in [-0.1, -0.05) is 29.8 Å². The molecule has 0 aliphatic carbocycles. The van der Waals surface area contributed by atoms with Crippen LogP contribution >= 0.6 is 0 Å². The van der Waals surface area contributed by atoms with Gasteiger partial charge in [-0.2, -0.15) is 0 Å². The Kier molecular flexibility index (Phi) is 3.29. The van der Waals surface area contributed by atoms with E-state index in [2.05, 4.69) is 31.2 Å². The van der Waals surface area contributed by atoms with Gasteiger partial charge in [-0.05, 0) is 32.8 Å². The molecule has 1 aromatic rings. The molecule has 2 nitrogen and oxygen atoms in total. The average molecular weight is 193 g/mol. The van der Waals surface area contributed by atoms with Gasteiger partial charge in [0.15, 0.2) is 0 Å². The first kappa shape index (κ1) is 11.2. The Hall–Kier alpha value is -0.860. The monoisotopic (exact) mass is 193 g/mol. The van der Waals surface area contributed by atoms with E-state index in [0.717, 1.165) is 0 Å². The van der Waals surface area contributed by atoms with Crippen LogP contribution in [0.1, 0.15) is 25.0 Å². The van der Waals surface area contributed by atoms with Gasteiger partial charge in [-0.15, -0.1) is 0 Å². The third-order valence-corrected chi connectivity index (χ3v) is 2.48. The van der Waals surface area contributed by atoms with E-state index in [9.17, 15) is 5.11 Å². The number of hydrogen-bond acceptors (Lipinski definition) is 2. The summed E-state index contributed by atoms with van der Waals surface area (Å²) in [6.07, 6.45) is 0.712. The molecule has 1 aromatic carbocycles. The number of aryl methyl sites for hydroxylation is 1. The first-order chi connectivity index (χ1) is 6.39. The van der Waals surface area contributed by atoms with Gasteiger partial charge in [-0.25, -0.2) is 0 Å². The van der Waals surface area contributed by atoms with Crippen LogP contribution in [0.15, 0.2) is 24.3 Å². The summed E-state index contributed by atoms with van der Waals surface area (Å²) in [6.45, 7) is 5.54. The molecule has 14 heavy (non-hydrogen) atoms. The van der Waals surface area contributed by atoms with E-state index in [1.54, 1.807) is 13.8 Å². The van der Waals surface area contributed by atoms with E-state index in [0.29, 0.717) is 6.42 Å². The Labute approximate surface area is 85.8 Å². The SMILES string of the molecule is Cc1ccc(CC(N)C(C)(C)O)cc1. The van der Waals surface area contributed by atoms with Crippen molar-refractivity contribution in [2.24, 2.45) is 5.73 Å². The average Bonchev–Trinajstić information content (AvgIpc) is 2.07. The fourth-order valence-corrected chi connectivity index (χ4v) is 1.23. The van der Waals surface area contributed by atoms with Gasteiger partial charge in [0.2, 0.25) is 0 Å². The highest BCUT2D eigenvalue weighted by Crippen LogP contribution is 2.12. The summed E-state index contributed by atoms with van der Waals surface area (Å²) < 4.78 is 0. The molecule has 0 radical (unpaired) electrons. The highest BCUT2D eigenvalue weighted by molar-refractivity contribution is 5.22. The van der Waals surface area contributed by atoms with Crippen LogP contribution in [0.2, 0.25) is 0 Å². The Balaban J connectivity index is 2.65. The van der Waals surface area contributed by atoms with Crippen LogP contribution in [-0.4, -0.2) is 16.7 Å². The Bertz CT molecular complexity index is 284. The summed E-state index contributed by atoms with van der Waals surface area (Å²) >= 11 is 0. The molecule has 0 spiro atoms. The zero-order valence-electron chi connectivity index (χ0n) is 9.12. The van der Waals surface area contributed by atoms with Gasteiger partial charge in [0.1, 0.15) is 0 Å². The van der Waals surface area contributed by atoms with Crippen LogP contribution < -0.4 is 5.73 Å². The first-order valence-corrected chi connectivity index (χ1v) is 4.93. The third-order valence-electron chi connectivity index (χ3n) is 2.48. The largest absolute Gasteiger partial charge is 0.389 e. The van der Waals surface area contributed by atoms with Crippen LogP contribution in [0.4, 0.5) is 0 Å². The van der Waals surface area contributed by atoms with Crippen molar-refractivity contribution in [3.05, 3.63) is 35.4 Å². The second kappa shape index (κ2) is 4.11. The normalized spacial score (nSPS) is 14.1. The molecular weight excluding hydrogens is 174 g/mol. The van der Waals surface area contributed by atoms with E-state index >= 15 is 0 Å². The first-order valence-electron chi connectivity index (χ1n) is 4.93. The lowest BCUT2D eigenvalue weighted by Gasteiger charge is -2.25. The maximum atomic E-state index is 9.68. The summed E-state index contributed by atoms with van der Waals surface area (Å²) in [4.78, 5) is 0. The number of rotatable bonds is 3. The summed E-state index contributed by atoms with van der Waals surface area (Å²) in [5, 5.41) is 9.68. The molecule has 0 aliphatic rings. The maximum absolute atomic E-state index is 9.68. The minimum Gasteiger partial charge on any atom is -0.389 e. The summed E-state index contributed by atoms with van der Waals surface area (Å²) in [7, 11) is 0. The molecule has 0 bridgehead atoms. The highest BCUT2D eigenvalue weighted by Gasteiger charge is 2.22. The lowest BCUT2D eigenvalue weighted by atomic mass is 9.93. The molecule has 1 rings (SSSR count). The molecule has 1 unspecified atom stereocenters. The van der Waals surface area contributed by atoms with Gasteiger partial charge in [0.25, 0.3) is 0 Å². The van der Waals surface area contributed by atoms with Crippen molar-refractivity contribution < 1.29 is 5.11 Å². The molecule has 0 heterocycles. The van der Waals surface area contributed by atoms with Crippen LogP contribution in [0, 0.1) is 6.92 Å². The Morgan fingerprint density at radius 1 is 1.29 bits per heavy atom. The molecule has 0 saturated carbocycles. The molecule has 78 valence electrons. The third kappa shape index (κ3) is 3.13. The summed E-state index contributed by atoms with van der Waals surface area (Å²) in [6, 6.07) is 8.02. The van der Waals surface area contributed by atoms with Crippen molar-refractivity contribution in [3.63, 3.8) is 0 Å². The van der Waals surface area contributed by atoms with Gasteiger partial charge < -0.3 is 10.8 Å². The minimum absolute atomic E-state index is 0.217. The van der Waals surface area contributed by atoms with Gasteiger partial charge >= 0.3 is 0 Å². The minimum atomic E-state index is -0.815. The second-order valence-corrected chi connectivity index (χ2v) is 4.45. The van der Waals surface area contributed by atoms with Crippen LogP contribution in [0.3, 0.4) is 0 Å². The van der Waals surface area contributed by atoms with Crippen molar-refractivity contribution in [3.8, 4) is 0 Å². The van der Waals surface area contributed by atoms with E-state index in [1.165, 1.54) is 11.1 Å². The molecule has 0 fully saturated rings. The number of hydrogen-bond donors (Lipinski definition) is 2.